The van der Waals surface area contributed by atoms with E-state index < -0.39 is 15.6 Å². The summed E-state index contributed by atoms with van der Waals surface area (Å²) in [7, 11) is -3.28. The third-order valence-corrected chi connectivity index (χ3v) is 4.57. The van der Waals surface area contributed by atoms with Crippen LogP contribution in [0.3, 0.4) is 0 Å². The molecule has 0 bridgehead atoms. The molecule has 0 fully saturated rings. The van der Waals surface area contributed by atoms with Crippen molar-refractivity contribution in [2.24, 2.45) is 4.99 Å². The maximum Gasteiger partial charge on any atom is 0.209 e. The first kappa shape index (κ1) is 23.0. The van der Waals surface area contributed by atoms with Crippen LogP contribution in [0.2, 0.25) is 0 Å². The zero-order valence-electron chi connectivity index (χ0n) is 15.7. The van der Waals surface area contributed by atoms with Crippen LogP contribution in [0.15, 0.2) is 29.3 Å². The lowest BCUT2D eigenvalue weighted by molar-refractivity contribution is 0.235. The van der Waals surface area contributed by atoms with Crippen LogP contribution in [0, 0.1) is 0 Å². The molecule has 0 saturated heterocycles. The molecule has 148 valence electrons. The van der Waals surface area contributed by atoms with Crippen molar-refractivity contribution in [3.05, 3.63) is 29.8 Å². The fourth-order valence-corrected chi connectivity index (χ4v) is 3.80. The molecule has 0 spiro atoms. The zero-order chi connectivity index (χ0) is 18.5. The predicted octanol–water partition coefficient (Wildman–Crippen LogP) is 1.49. The number of hydrogen-bond acceptors (Lipinski definition) is 4. The molecule has 1 unspecified atom stereocenters. The lowest BCUT2D eigenvalue weighted by Gasteiger charge is -2.23. The average molecular weight is 496 g/mol. The Morgan fingerprint density at radius 1 is 1.31 bits per heavy atom. The second-order valence-corrected chi connectivity index (χ2v) is 8.63. The van der Waals surface area contributed by atoms with Crippen molar-refractivity contribution in [2.45, 2.75) is 38.8 Å². The number of sulfonamides is 1. The molecular formula is C17H29IN4O3S. The Bertz CT molecular complexity index is 697. The summed E-state index contributed by atoms with van der Waals surface area (Å²) in [6.45, 7) is 7.26. The normalized spacial score (nSPS) is 17.1. The first-order valence-electron chi connectivity index (χ1n) is 8.44. The lowest BCUT2D eigenvalue weighted by Crippen LogP contribution is -2.47. The van der Waals surface area contributed by atoms with Gasteiger partial charge in [0.05, 0.1) is 19.3 Å². The van der Waals surface area contributed by atoms with Gasteiger partial charge in [0.1, 0.15) is 11.9 Å². The number of guanidine groups is 1. The Kier molecular flexibility index (Phi) is 8.61. The molecule has 0 saturated carbocycles. The summed E-state index contributed by atoms with van der Waals surface area (Å²) in [4.78, 5) is 4.49. The van der Waals surface area contributed by atoms with Crippen LogP contribution >= 0.6 is 24.0 Å². The summed E-state index contributed by atoms with van der Waals surface area (Å²) in [6.07, 6.45) is 2.07. The van der Waals surface area contributed by atoms with E-state index in [0.29, 0.717) is 19.0 Å². The van der Waals surface area contributed by atoms with Crippen molar-refractivity contribution >= 4 is 40.0 Å². The van der Waals surface area contributed by atoms with Crippen molar-refractivity contribution in [1.29, 1.82) is 0 Å². The highest BCUT2D eigenvalue weighted by molar-refractivity contribution is 14.0. The molecule has 0 radical (unpaired) electrons. The second-order valence-electron chi connectivity index (χ2n) is 6.89. The van der Waals surface area contributed by atoms with Gasteiger partial charge in [-0.3, -0.25) is 4.99 Å². The number of nitrogens with one attached hydrogen (secondary N) is 3. The van der Waals surface area contributed by atoms with Crippen LogP contribution in [0.4, 0.5) is 0 Å². The molecule has 0 amide bonds. The second kappa shape index (κ2) is 9.75. The Morgan fingerprint density at radius 2 is 2.00 bits per heavy atom. The first-order valence-corrected chi connectivity index (χ1v) is 10.3. The van der Waals surface area contributed by atoms with Crippen molar-refractivity contribution in [3.8, 4) is 5.75 Å². The van der Waals surface area contributed by atoms with Crippen LogP contribution in [-0.4, -0.2) is 51.9 Å². The number of rotatable bonds is 7. The van der Waals surface area contributed by atoms with Gasteiger partial charge in [0, 0.05) is 18.5 Å². The van der Waals surface area contributed by atoms with Gasteiger partial charge in [-0.15, -0.1) is 24.0 Å². The number of aliphatic imine (C=N–C) groups is 1. The van der Waals surface area contributed by atoms with E-state index in [1.807, 2.05) is 25.1 Å². The molecule has 26 heavy (non-hydrogen) atoms. The van der Waals surface area contributed by atoms with Gasteiger partial charge in [-0.05, 0) is 32.4 Å². The van der Waals surface area contributed by atoms with Crippen LogP contribution in [0.1, 0.15) is 26.3 Å². The molecule has 1 atom stereocenters. The molecule has 0 aromatic heterocycles. The minimum atomic E-state index is -3.28. The third-order valence-electron chi connectivity index (χ3n) is 3.65. The number of halogens is 1. The van der Waals surface area contributed by atoms with Gasteiger partial charge in [0.15, 0.2) is 5.96 Å². The molecular weight excluding hydrogens is 467 g/mol. The predicted molar refractivity (Wildman–Crippen MR) is 116 cm³/mol. The minimum absolute atomic E-state index is 0. The van der Waals surface area contributed by atoms with E-state index in [1.165, 1.54) is 5.56 Å². The van der Waals surface area contributed by atoms with E-state index in [2.05, 4.69) is 26.4 Å². The van der Waals surface area contributed by atoms with Gasteiger partial charge in [0.25, 0.3) is 0 Å². The molecule has 0 aliphatic carbocycles. The number of fused-ring (bicyclic) bond motifs is 1. The smallest absolute Gasteiger partial charge is 0.209 e. The van der Waals surface area contributed by atoms with Crippen LogP contribution in [0.5, 0.6) is 5.75 Å². The highest BCUT2D eigenvalue weighted by atomic mass is 127. The largest absolute Gasteiger partial charge is 0.488 e. The van der Waals surface area contributed by atoms with Crippen LogP contribution in [0.25, 0.3) is 0 Å². The van der Waals surface area contributed by atoms with Gasteiger partial charge in [-0.2, -0.15) is 0 Å². The Hall–Kier alpha value is -1.07. The minimum Gasteiger partial charge on any atom is -0.488 e. The summed E-state index contributed by atoms with van der Waals surface area (Å²) in [5, 5.41) is 6.44. The molecule has 7 nitrogen and oxygen atoms in total. The van der Waals surface area contributed by atoms with E-state index >= 15 is 0 Å². The summed E-state index contributed by atoms with van der Waals surface area (Å²) < 4.78 is 31.3. The number of ether oxygens (including phenoxy) is 1. The Morgan fingerprint density at radius 3 is 2.62 bits per heavy atom. The van der Waals surface area contributed by atoms with Gasteiger partial charge in [-0.1, -0.05) is 18.2 Å². The molecule has 1 aliphatic rings. The Labute approximate surface area is 173 Å². The van der Waals surface area contributed by atoms with E-state index in [1.54, 1.807) is 13.8 Å². The number of nitrogens with zero attached hydrogens (tertiary/aromatic N) is 1. The maximum absolute atomic E-state index is 11.4. The van der Waals surface area contributed by atoms with Gasteiger partial charge in [-0.25, -0.2) is 13.1 Å². The van der Waals surface area contributed by atoms with Gasteiger partial charge >= 0.3 is 0 Å². The molecule has 9 heteroatoms. The molecule has 1 aromatic carbocycles. The molecule has 1 aromatic rings. The van der Waals surface area contributed by atoms with E-state index in [-0.39, 0.29) is 30.1 Å². The molecule has 3 N–H and O–H groups in total. The number of para-hydroxylation sites is 1. The van der Waals surface area contributed by atoms with Gasteiger partial charge < -0.3 is 15.4 Å². The fourth-order valence-electron chi connectivity index (χ4n) is 2.73. The highest BCUT2D eigenvalue weighted by Crippen LogP contribution is 2.27. The summed E-state index contributed by atoms with van der Waals surface area (Å²) in [5.41, 5.74) is 0.561. The molecule has 1 aliphatic heterocycles. The summed E-state index contributed by atoms with van der Waals surface area (Å²) in [6, 6.07) is 8.04. The monoisotopic (exact) mass is 496 g/mol. The van der Waals surface area contributed by atoms with Crippen molar-refractivity contribution in [3.63, 3.8) is 0 Å². The molecule has 2 rings (SSSR count). The third kappa shape index (κ3) is 7.67. The van der Waals surface area contributed by atoms with Crippen molar-refractivity contribution in [1.82, 2.24) is 15.4 Å². The average Bonchev–Trinajstić information content (AvgIpc) is 2.90. The number of benzene rings is 1. The Balaban J connectivity index is 0.00000338. The van der Waals surface area contributed by atoms with Gasteiger partial charge in [0.2, 0.25) is 10.0 Å². The maximum atomic E-state index is 11.4. The summed E-state index contributed by atoms with van der Waals surface area (Å²) in [5.74, 6) is 1.58. The van der Waals surface area contributed by atoms with Crippen molar-refractivity contribution in [2.75, 3.05) is 25.9 Å². The fraction of sp³-hybridized carbons (Fsp3) is 0.588. The van der Waals surface area contributed by atoms with Crippen LogP contribution in [-0.2, 0) is 16.4 Å². The van der Waals surface area contributed by atoms with E-state index in [9.17, 15) is 8.42 Å². The van der Waals surface area contributed by atoms with Crippen LogP contribution < -0.4 is 20.1 Å². The zero-order valence-corrected chi connectivity index (χ0v) is 18.9. The van der Waals surface area contributed by atoms with E-state index in [0.717, 1.165) is 25.0 Å². The number of hydrogen-bond donors (Lipinski definition) is 3. The molecule has 1 heterocycles. The van der Waals surface area contributed by atoms with E-state index in [4.69, 9.17) is 4.74 Å². The summed E-state index contributed by atoms with van der Waals surface area (Å²) >= 11 is 0. The van der Waals surface area contributed by atoms with Crippen molar-refractivity contribution < 1.29 is 13.2 Å². The SMILES string of the molecule is CCNC(=NCC(C)(C)NS(C)(=O)=O)NCC1Cc2ccccc2O1.I. The first-order chi connectivity index (χ1) is 11.7. The highest BCUT2D eigenvalue weighted by Gasteiger charge is 2.24. The lowest BCUT2D eigenvalue weighted by atomic mass is 10.1. The quantitative estimate of drug-likeness (QED) is 0.302. The topological polar surface area (TPSA) is 91.8 Å². The standard InChI is InChI=1S/C17H28N4O3S.HI/c1-5-18-16(20-12-17(2,3)21-25(4,22)23)19-11-14-10-13-8-6-7-9-15(13)24-14;/h6-9,14,21H,5,10-12H2,1-4H3,(H2,18,19,20);1H.